The molecule has 0 radical (unpaired) electrons. The molecule has 74 valence electrons. The van der Waals surface area contributed by atoms with E-state index in [-0.39, 0.29) is 5.91 Å². The third-order valence-electron chi connectivity index (χ3n) is 2.16. The van der Waals surface area contributed by atoms with Crippen LogP contribution in [0.3, 0.4) is 0 Å². The molecule has 0 aromatic carbocycles. The molecule has 2 heterocycles. The maximum absolute atomic E-state index is 11.3. The number of carbonyl (C=O) groups excluding carboxylic acids is 2. The van der Waals surface area contributed by atoms with Crippen LogP contribution in [0.1, 0.15) is 18.7 Å². The van der Waals surface area contributed by atoms with E-state index in [9.17, 15) is 9.59 Å². The Hall–Kier alpha value is -1.85. The highest BCUT2D eigenvalue weighted by Gasteiger charge is 2.32. The van der Waals surface area contributed by atoms with Crippen molar-refractivity contribution in [3.05, 3.63) is 18.2 Å². The van der Waals surface area contributed by atoms with Gasteiger partial charge in [-0.2, -0.15) is 0 Å². The lowest BCUT2D eigenvalue weighted by Crippen LogP contribution is -2.22. The number of hydrogen-bond donors (Lipinski definition) is 2. The number of hydrogen-bond acceptors (Lipinski definition) is 3. The van der Waals surface area contributed by atoms with Crippen molar-refractivity contribution in [3.63, 3.8) is 0 Å². The summed E-state index contributed by atoms with van der Waals surface area (Å²) in [5.41, 5.74) is 0.704. The Morgan fingerprint density at radius 2 is 2.36 bits per heavy atom. The summed E-state index contributed by atoms with van der Waals surface area (Å²) in [5.74, 6) is -0.329. The fourth-order valence-electron chi connectivity index (χ4n) is 1.46. The van der Waals surface area contributed by atoms with Crippen LogP contribution in [0.25, 0.3) is 0 Å². The highest BCUT2D eigenvalue weighted by Crippen LogP contribution is 2.15. The van der Waals surface area contributed by atoms with Crippen molar-refractivity contribution in [1.82, 2.24) is 20.2 Å². The topological polar surface area (TPSA) is 76.0 Å². The number of carbonyl (C=O) groups is 2. The van der Waals surface area contributed by atoms with E-state index >= 15 is 0 Å². The highest BCUT2D eigenvalue weighted by atomic mass is 16.2. The number of amides is 3. The molecule has 1 atom stereocenters. The van der Waals surface area contributed by atoms with Crippen LogP contribution in [0.5, 0.6) is 0 Å². The van der Waals surface area contributed by atoms with Gasteiger partial charge in [-0.1, -0.05) is 0 Å². The Kier molecular flexibility index (Phi) is 1.95. The van der Waals surface area contributed by atoms with Gasteiger partial charge in [0, 0.05) is 6.54 Å². The van der Waals surface area contributed by atoms with E-state index in [4.69, 9.17) is 0 Å². The molecule has 0 bridgehead atoms. The second-order valence-electron chi connectivity index (χ2n) is 3.00. The zero-order valence-electron chi connectivity index (χ0n) is 7.65. The third-order valence-corrected chi connectivity index (χ3v) is 2.16. The van der Waals surface area contributed by atoms with Gasteiger partial charge in [0.1, 0.15) is 0 Å². The highest BCUT2D eigenvalue weighted by molar-refractivity contribution is 6.04. The van der Waals surface area contributed by atoms with Gasteiger partial charge in [-0.25, -0.2) is 9.78 Å². The fraction of sp³-hybridized carbons (Fsp3) is 0.375. The zero-order valence-corrected chi connectivity index (χ0v) is 7.65. The summed E-state index contributed by atoms with van der Waals surface area (Å²) in [6.45, 7) is 2.66. The number of imide groups is 1. The number of urea groups is 1. The average molecular weight is 194 g/mol. The normalized spacial score (nSPS) is 20.8. The molecule has 1 aliphatic heterocycles. The summed E-state index contributed by atoms with van der Waals surface area (Å²) >= 11 is 0. The Bertz CT molecular complexity index is 384. The van der Waals surface area contributed by atoms with Crippen molar-refractivity contribution in [2.45, 2.75) is 19.5 Å². The molecule has 2 rings (SSSR count). The fourth-order valence-corrected chi connectivity index (χ4v) is 1.46. The van der Waals surface area contributed by atoms with Crippen molar-refractivity contribution in [3.8, 4) is 0 Å². The van der Waals surface area contributed by atoms with Gasteiger partial charge in [0.05, 0.1) is 18.2 Å². The average Bonchev–Trinajstić information content (AvgIpc) is 2.71. The van der Waals surface area contributed by atoms with Crippen molar-refractivity contribution < 1.29 is 9.59 Å². The van der Waals surface area contributed by atoms with E-state index in [1.54, 1.807) is 12.5 Å². The van der Waals surface area contributed by atoms with Gasteiger partial charge in [-0.3, -0.25) is 10.1 Å². The standard InChI is InChI=1S/C8H10N4O2/c1-2-12-4-9-3-5(12)6-7(13)11-8(14)10-6/h3-4,6H,2H2,1H3,(H2,10,11,13,14). The van der Waals surface area contributed by atoms with Crippen molar-refractivity contribution in [2.24, 2.45) is 0 Å². The molecular formula is C8H10N4O2. The lowest BCUT2D eigenvalue weighted by molar-refractivity contribution is -0.120. The van der Waals surface area contributed by atoms with Crippen LogP contribution >= 0.6 is 0 Å². The summed E-state index contributed by atoms with van der Waals surface area (Å²) in [5, 5.41) is 4.70. The Morgan fingerprint density at radius 3 is 2.93 bits per heavy atom. The van der Waals surface area contributed by atoms with Gasteiger partial charge in [-0.15, -0.1) is 0 Å². The lowest BCUT2D eigenvalue weighted by Gasteiger charge is -2.08. The molecule has 2 N–H and O–H groups in total. The third kappa shape index (κ3) is 1.24. The SMILES string of the molecule is CCn1cncc1C1NC(=O)NC1=O. The van der Waals surface area contributed by atoms with Crippen LogP contribution in [0, 0.1) is 0 Å². The Balaban J connectivity index is 2.31. The quantitative estimate of drug-likeness (QED) is 0.639. The number of nitrogens with one attached hydrogen (secondary N) is 2. The van der Waals surface area contributed by atoms with Crippen molar-refractivity contribution >= 4 is 11.9 Å². The van der Waals surface area contributed by atoms with Gasteiger partial charge < -0.3 is 9.88 Å². The van der Waals surface area contributed by atoms with Crippen molar-refractivity contribution in [2.75, 3.05) is 0 Å². The summed E-state index contributed by atoms with van der Waals surface area (Å²) in [4.78, 5) is 26.1. The molecular weight excluding hydrogens is 184 g/mol. The van der Waals surface area contributed by atoms with Crippen LogP contribution < -0.4 is 10.6 Å². The number of imidazole rings is 1. The molecule has 1 saturated heterocycles. The first kappa shape index (κ1) is 8.74. The molecule has 0 spiro atoms. The van der Waals surface area contributed by atoms with Gasteiger partial charge in [0.15, 0.2) is 6.04 Å². The van der Waals surface area contributed by atoms with Crippen LogP contribution in [-0.4, -0.2) is 21.5 Å². The molecule has 0 saturated carbocycles. The molecule has 1 aromatic heterocycles. The number of rotatable bonds is 2. The first-order valence-electron chi connectivity index (χ1n) is 4.33. The minimum Gasteiger partial charge on any atom is -0.333 e. The molecule has 14 heavy (non-hydrogen) atoms. The van der Waals surface area contributed by atoms with E-state index in [0.29, 0.717) is 5.69 Å². The van der Waals surface area contributed by atoms with Gasteiger partial charge in [0.2, 0.25) is 0 Å². The van der Waals surface area contributed by atoms with Crippen LogP contribution in [0.4, 0.5) is 4.79 Å². The van der Waals surface area contributed by atoms with E-state index < -0.39 is 12.1 Å². The summed E-state index contributed by atoms with van der Waals surface area (Å²) in [7, 11) is 0. The minimum absolute atomic E-state index is 0.329. The van der Waals surface area contributed by atoms with Gasteiger partial charge >= 0.3 is 6.03 Å². The number of aromatic nitrogens is 2. The Morgan fingerprint density at radius 1 is 1.57 bits per heavy atom. The molecule has 0 aliphatic carbocycles. The number of nitrogens with zero attached hydrogens (tertiary/aromatic N) is 2. The minimum atomic E-state index is -0.607. The second-order valence-corrected chi connectivity index (χ2v) is 3.00. The molecule has 6 heteroatoms. The van der Waals surface area contributed by atoms with Crippen LogP contribution in [0.15, 0.2) is 12.5 Å². The first-order chi connectivity index (χ1) is 6.72. The number of aryl methyl sites for hydroxylation is 1. The largest absolute Gasteiger partial charge is 0.333 e. The van der Waals surface area contributed by atoms with E-state index in [2.05, 4.69) is 15.6 Å². The predicted octanol–water partition coefficient (Wildman–Crippen LogP) is -0.217. The maximum Gasteiger partial charge on any atom is 0.322 e. The molecule has 3 amide bonds. The molecule has 1 aliphatic rings. The molecule has 1 fully saturated rings. The van der Waals surface area contributed by atoms with E-state index in [1.807, 2.05) is 11.5 Å². The predicted molar refractivity (Wildman–Crippen MR) is 47.3 cm³/mol. The monoisotopic (exact) mass is 194 g/mol. The van der Waals surface area contributed by atoms with Crippen LogP contribution in [0.2, 0.25) is 0 Å². The first-order valence-corrected chi connectivity index (χ1v) is 4.33. The zero-order chi connectivity index (χ0) is 10.1. The molecule has 6 nitrogen and oxygen atoms in total. The summed E-state index contributed by atoms with van der Waals surface area (Å²) in [6.07, 6.45) is 3.21. The second kappa shape index (κ2) is 3.13. The Labute approximate surface area is 80.3 Å². The van der Waals surface area contributed by atoms with Crippen LogP contribution in [-0.2, 0) is 11.3 Å². The van der Waals surface area contributed by atoms with Gasteiger partial charge in [-0.05, 0) is 6.92 Å². The molecule has 1 unspecified atom stereocenters. The van der Waals surface area contributed by atoms with E-state index in [1.165, 1.54) is 0 Å². The van der Waals surface area contributed by atoms with Gasteiger partial charge in [0.25, 0.3) is 5.91 Å². The van der Waals surface area contributed by atoms with Crippen molar-refractivity contribution in [1.29, 1.82) is 0 Å². The summed E-state index contributed by atoms with van der Waals surface area (Å²) < 4.78 is 1.82. The molecule has 1 aromatic rings. The summed E-state index contributed by atoms with van der Waals surface area (Å²) in [6, 6.07) is -1.06. The van der Waals surface area contributed by atoms with E-state index in [0.717, 1.165) is 6.54 Å². The smallest absolute Gasteiger partial charge is 0.322 e. The maximum atomic E-state index is 11.3. The lowest BCUT2D eigenvalue weighted by atomic mass is 10.2.